The first-order chi connectivity index (χ1) is 15.2. The van der Waals surface area contributed by atoms with Crippen LogP contribution in [0.15, 0.2) is 12.7 Å². The summed E-state index contributed by atoms with van der Waals surface area (Å²) in [4.78, 5) is 43.6. The van der Waals surface area contributed by atoms with Crippen molar-refractivity contribution in [2.24, 2.45) is 17.8 Å². The Morgan fingerprint density at radius 1 is 1.38 bits per heavy atom. The van der Waals surface area contributed by atoms with Gasteiger partial charge in [-0.1, -0.05) is 39.7 Å². The van der Waals surface area contributed by atoms with E-state index in [1.54, 1.807) is 15.9 Å². The van der Waals surface area contributed by atoms with Crippen LogP contribution in [0.3, 0.4) is 0 Å². The Balaban J connectivity index is 2.12. The summed E-state index contributed by atoms with van der Waals surface area (Å²) in [6.07, 6.45) is 5.55. The van der Waals surface area contributed by atoms with E-state index >= 15 is 0 Å². The second-order valence-corrected chi connectivity index (χ2v) is 11.3. The zero-order chi connectivity index (χ0) is 23.8. The van der Waals surface area contributed by atoms with E-state index in [-0.39, 0.29) is 35.6 Å². The number of thioether (sulfide) groups is 1. The molecule has 3 aliphatic heterocycles. The van der Waals surface area contributed by atoms with E-state index in [0.717, 1.165) is 19.3 Å². The van der Waals surface area contributed by atoms with Gasteiger partial charge in [0.05, 0.1) is 29.2 Å². The summed E-state index contributed by atoms with van der Waals surface area (Å²) in [5.74, 6) is -2.88. The van der Waals surface area contributed by atoms with Crippen LogP contribution in [0.25, 0.3) is 0 Å². The van der Waals surface area contributed by atoms with E-state index in [2.05, 4.69) is 13.5 Å². The highest BCUT2D eigenvalue weighted by molar-refractivity contribution is 8.02. The lowest BCUT2D eigenvalue weighted by molar-refractivity contribution is -0.150. The fourth-order valence-electron chi connectivity index (χ4n) is 6.18. The average Bonchev–Trinajstić information content (AvgIpc) is 3.40. The predicted octanol–water partition coefficient (Wildman–Crippen LogP) is 2.77. The molecule has 0 aromatic rings. The SMILES string of the molecule is C=CCN(C(=O)C1N([C@@H](CO)[C@@H](C)CC)C(=O)[C@@H]2[C@@H](C(=O)O)[C@H]3CCC12S3)C(C)CCC. The Kier molecular flexibility index (Phi) is 7.65. The Morgan fingerprint density at radius 3 is 2.59 bits per heavy atom. The molecule has 7 nitrogen and oxygen atoms in total. The Labute approximate surface area is 195 Å². The van der Waals surface area contributed by atoms with E-state index < -0.39 is 34.6 Å². The van der Waals surface area contributed by atoms with Gasteiger partial charge in [0.15, 0.2) is 0 Å². The van der Waals surface area contributed by atoms with Gasteiger partial charge in [-0.15, -0.1) is 18.3 Å². The van der Waals surface area contributed by atoms with Crippen LogP contribution in [0.4, 0.5) is 0 Å². The van der Waals surface area contributed by atoms with Crippen molar-refractivity contribution in [2.45, 2.75) is 87.9 Å². The van der Waals surface area contributed by atoms with Gasteiger partial charge in [-0.2, -0.15) is 0 Å². The van der Waals surface area contributed by atoms with E-state index in [1.807, 2.05) is 20.8 Å². The second-order valence-electron chi connectivity index (χ2n) is 9.69. The number of likely N-dealkylation sites (tertiary alicyclic amines) is 1. The van der Waals surface area contributed by atoms with Crippen molar-refractivity contribution in [1.82, 2.24) is 9.80 Å². The van der Waals surface area contributed by atoms with Crippen molar-refractivity contribution in [3.8, 4) is 0 Å². The summed E-state index contributed by atoms with van der Waals surface area (Å²) in [6.45, 7) is 12.0. The summed E-state index contributed by atoms with van der Waals surface area (Å²) in [6, 6.07) is -1.29. The quantitative estimate of drug-likeness (QED) is 0.455. The lowest BCUT2D eigenvalue weighted by atomic mass is 9.71. The molecule has 2 N–H and O–H groups in total. The molecule has 0 aromatic heterocycles. The highest BCUT2D eigenvalue weighted by atomic mass is 32.2. The number of aliphatic carboxylic acids is 1. The van der Waals surface area contributed by atoms with Gasteiger partial charge >= 0.3 is 5.97 Å². The van der Waals surface area contributed by atoms with E-state index in [0.29, 0.717) is 19.4 Å². The molecule has 3 heterocycles. The summed E-state index contributed by atoms with van der Waals surface area (Å²) in [7, 11) is 0. The van der Waals surface area contributed by atoms with Crippen LogP contribution in [-0.4, -0.2) is 79.1 Å². The number of carbonyl (C=O) groups is 3. The molecular formula is C24H38N2O5S. The van der Waals surface area contributed by atoms with Gasteiger partial charge in [-0.3, -0.25) is 14.4 Å². The highest BCUT2D eigenvalue weighted by Gasteiger charge is 2.74. The first-order valence-electron chi connectivity index (χ1n) is 11.9. The number of fused-ring (bicyclic) bond motifs is 1. The number of carboxylic acid groups (broad SMARTS) is 1. The van der Waals surface area contributed by atoms with Gasteiger partial charge in [0.2, 0.25) is 11.8 Å². The van der Waals surface area contributed by atoms with Gasteiger partial charge in [0.1, 0.15) is 6.04 Å². The molecule has 3 fully saturated rings. The number of hydrogen-bond donors (Lipinski definition) is 2. The molecule has 0 aliphatic carbocycles. The van der Waals surface area contributed by atoms with Crippen molar-refractivity contribution in [3.05, 3.63) is 12.7 Å². The molecular weight excluding hydrogens is 428 g/mol. The number of nitrogens with zero attached hydrogens (tertiary/aromatic N) is 2. The molecule has 0 aromatic carbocycles. The summed E-state index contributed by atoms with van der Waals surface area (Å²) < 4.78 is -0.742. The Bertz CT molecular complexity index is 761. The van der Waals surface area contributed by atoms with E-state index in [4.69, 9.17) is 0 Å². The molecule has 180 valence electrons. The molecule has 2 amide bonds. The molecule has 2 bridgehead atoms. The second kappa shape index (κ2) is 9.75. The lowest BCUT2D eigenvalue weighted by Crippen LogP contribution is -2.59. The third kappa shape index (κ3) is 3.77. The molecule has 1 spiro atoms. The molecule has 3 unspecified atom stereocenters. The van der Waals surface area contributed by atoms with E-state index in [9.17, 15) is 24.6 Å². The van der Waals surface area contributed by atoms with Gasteiger partial charge in [-0.25, -0.2) is 0 Å². The fourth-order valence-corrected chi connectivity index (χ4v) is 8.37. The number of aliphatic hydroxyl groups is 1. The monoisotopic (exact) mass is 466 g/mol. The minimum Gasteiger partial charge on any atom is -0.481 e. The maximum Gasteiger partial charge on any atom is 0.308 e. The normalized spacial score (nSPS) is 33.7. The van der Waals surface area contributed by atoms with Crippen LogP contribution in [0.1, 0.15) is 59.8 Å². The minimum absolute atomic E-state index is 0.0131. The molecule has 0 saturated carbocycles. The third-order valence-corrected chi connectivity index (χ3v) is 9.90. The third-order valence-electron chi connectivity index (χ3n) is 7.95. The van der Waals surface area contributed by atoms with Crippen LogP contribution < -0.4 is 0 Å². The number of amides is 2. The zero-order valence-electron chi connectivity index (χ0n) is 19.7. The number of rotatable bonds is 11. The fraction of sp³-hybridized carbons (Fsp3) is 0.792. The average molecular weight is 467 g/mol. The Morgan fingerprint density at radius 2 is 2.06 bits per heavy atom. The van der Waals surface area contributed by atoms with Crippen molar-refractivity contribution >= 4 is 29.5 Å². The van der Waals surface area contributed by atoms with Crippen LogP contribution in [0.2, 0.25) is 0 Å². The van der Waals surface area contributed by atoms with Gasteiger partial charge in [0, 0.05) is 17.8 Å². The molecule has 8 heteroatoms. The van der Waals surface area contributed by atoms with Crippen molar-refractivity contribution < 1.29 is 24.6 Å². The maximum atomic E-state index is 14.2. The molecule has 3 aliphatic rings. The molecule has 32 heavy (non-hydrogen) atoms. The van der Waals surface area contributed by atoms with E-state index in [1.165, 1.54) is 11.8 Å². The molecule has 3 saturated heterocycles. The summed E-state index contributed by atoms with van der Waals surface area (Å²) in [5.41, 5.74) is 0. The number of carboxylic acids is 1. The first-order valence-corrected chi connectivity index (χ1v) is 12.8. The van der Waals surface area contributed by atoms with Gasteiger partial charge in [0.25, 0.3) is 0 Å². The van der Waals surface area contributed by atoms with Crippen LogP contribution in [-0.2, 0) is 14.4 Å². The molecule has 0 radical (unpaired) electrons. The van der Waals surface area contributed by atoms with Crippen LogP contribution >= 0.6 is 11.8 Å². The topological polar surface area (TPSA) is 98.2 Å². The summed E-state index contributed by atoms with van der Waals surface area (Å²) >= 11 is 1.54. The van der Waals surface area contributed by atoms with Gasteiger partial charge < -0.3 is 20.0 Å². The van der Waals surface area contributed by atoms with Crippen LogP contribution in [0.5, 0.6) is 0 Å². The van der Waals surface area contributed by atoms with Crippen molar-refractivity contribution in [3.63, 3.8) is 0 Å². The minimum atomic E-state index is -0.957. The molecule has 3 rings (SSSR count). The first kappa shape index (κ1) is 25.1. The number of carbonyl (C=O) groups excluding carboxylic acids is 2. The van der Waals surface area contributed by atoms with Crippen molar-refractivity contribution in [2.75, 3.05) is 13.2 Å². The number of aliphatic hydroxyl groups excluding tert-OH is 1. The smallest absolute Gasteiger partial charge is 0.308 e. The van der Waals surface area contributed by atoms with Gasteiger partial charge in [-0.05, 0) is 32.1 Å². The van der Waals surface area contributed by atoms with Crippen LogP contribution in [0, 0.1) is 17.8 Å². The maximum absolute atomic E-state index is 14.2. The largest absolute Gasteiger partial charge is 0.481 e. The highest BCUT2D eigenvalue weighted by Crippen LogP contribution is 2.67. The standard InChI is InChI=1S/C24H38N2O5S/c1-6-9-15(5)25(12-7-2)22(29)20-24-11-10-17(32-24)18(23(30)31)19(24)21(28)26(20)16(13-27)14(4)8-3/h7,14-20,27H,2,6,8-13H2,1,3-5H3,(H,30,31)/t14-,15?,16-,17+,18-,19-,20?,24?/m0/s1. The summed E-state index contributed by atoms with van der Waals surface area (Å²) in [5, 5.41) is 20.1. The Hall–Kier alpha value is -1.54. The van der Waals surface area contributed by atoms with Crippen molar-refractivity contribution in [1.29, 1.82) is 0 Å². The number of hydrogen-bond acceptors (Lipinski definition) is 5. The predicted molar refractivity (Wildman–Crippen MR) is 125 cm³/mol. The molecule has 8 atom stereocenters. The zero-order valence-corrected chi connectivity index (χ0v) is 20.5. The lowest BCUT2D eigenvalue weighted by Gasteiger charge is -2.42.